The van der Waals surface area contributed by atoms with Crippen LogP contribution in [0.1, 0.15) is 5.56 Å². The van der Waals surface area contributed by atoms with Gasteiger partial charge in [0.05, 0.1) is 18.1 Å². The van der Waals surface area contributed by atoms with Crippen LogP contribution in [0, 0.1) is 15.9 Å². The molecule has 0 aliphatic carbocycles. The highest BCUT2D eigenvalue weighted by Crippen LogP contribution is 2.30. The van der Waals surface area contributed by atoms with Crippen LogP contribution >= 0.6 is 0 Å². The highest BCUT2D eigenvalue weighted by molar-refractivity contribution is 5.77. The minimum Gasteiger partial charge on any atom is -0.496 e. The van der Waals surface area contributed by atoms with Gasteiger partial charge in [-0.2, -0.15) is 0 Å². The summed E-state index contributed by atoms with van der Waals surface area (Å²) in [5.74, 6) is -0.496. The molecule has 0 spiro atoms. The number of hydrogen-bond donors (Lipinski definition) is 0. The summed E-state index contributed by atoms with van der Waals surface area (Å²) in [6.45, 7) is -0.177. The maximum absolute atomic E-state index is 13.2. The first-order chi connectivity index (χ1) is 11.9. The molecule has 0 aromatic heterocycles. The minimum absolute atomic E-state index is 0.0293. The maximum Gasteiger partial charge on any atom is 0.314 e. The molecular weight excluding hydrogens is 331 g/mol. The molecule has 0 fully saturated rings. The Hall–Kier alpha value is -3.16. The van der Waals surface area contributed by atoms with Gasteiger partial charge in [0.15, 0.2) is 12.4 Å². The molecule has 0 N–H and O–H groups in total. The van der Waals surface area contributed by atoms with Gasteiger partial charge in [-0.15, -0.1) is 0 Å². The molecule has 8 heteroatoms. The normalized spacial score (nSPS) is 10.2. The van der Waals surface area contributed by atoms with Gasteiger partial charge < -0.3 is 14.4 Å². The second-order valence-electron chi connectivity index (χ2n) is 5.26. The SMILES string of the molecule is COc1ccc(OCC(=O)N(C)Cc2cccc(F)c2)c([N+](=O)[O-])c1. The summed E-state index contributed by atoms with van der Waals surface area (Å²) in [6.07, 6.45) is 0. The number of benzene rings is 2. The van der Waals surface area contributed by atoms with Crippen LogP contribution in [0.2, 0.25) is 0 Å². The third-order valence-electron chi connectivity index (χ3n) is 3.45. The monoisotopic (exact) mass is 348 g/mol. The van der Waals surface area contributed by atoms with Crippen molar-refractivity contribution in [3.63, 3.8) is 0 Å². The summed E-state index contributed by atoms with van der Waals surface area (Å²) in [5.41, 5.74) is 0.339. The Balaban J connectivity index is 2.00. The highest BCUT2D eigenvalue weighted by atomic mass is 19.1. The van der Waals surface area contributed by atoms with E-state index >= 15 is 0 Å². The number of likely N-dealkylation sites (N-methyl/N-ethyl adjacent to an activating group) is 1. The minimum atomic E-state index is -0.612. The van der Waals surface area contributed by atoms with Crippen LogP contribution < -0.4 is 9.47 Å². The van der Waals surface area contributed by atoms with Crippen LogP contribution in [0.3, 0.4) is 0 Å². The third kappa shape index (κ3) is 4.90. The number of ether oxygens (including phenoxy) is 2. The van der Waals surface area contributed by atoms with Crippen LogP contribution in [-0.2, 0) is 11.3 Å². The predicted octanol–water partition coefficient (Wildman–Crippen LogP) is 2.78. The summed E-state index contributed by atoms with van der Waals surface area (Å²) >= 11 is 0. The number of carbonyl (C=O) groups excluding carboxylic acids is 1. The molecule has 0 radical (unpaired) electrons. The number of rotatable bonds is 7. The molecule has 0 unspecified atom stereocenters. The van der Waals surface area contributed by atoms with Gasteiger partial charge in [0.1, 0.15) is 11.6 Å². The van der Waals surface area contributed by atoms with Crippen LogP contribution in [-0.4, -0.2) is 36.5 Å². The number of methoxy groups -OCH3 is 1. The van der Waals surface area contributed by atoms with Crippen molar-refractivity contribution in [2.45, 2.75) is 6.54 Å². The van der Waals surface area contributed by atoms with Gasteiger partial charge in [0, 0.05) is 13.6 Å². The van der Waals surface area contributed by atoms with E-state index in [2.05, 4.69) is 0 Å². The van der Waals surface area contributed by atoms with Gasteiger partial charge in [0.2, 0.25) is 0 Å². The Kier molecular flexibility index (Phi) is 5.89. The molecule has 0 saturated carbocycles. The second kappa shape index (κ2) is 8.09. The lowest BCUT2D eigenvalue weighted by Gasteiger charge is -2.17. The van der Waals surface area contributed by atoms with Crippen LogP contribution in [0.15, 0.2) is 42.5 Å². The fraction of sp³-hybridized carbons (Fsp3) is 0.235. The van der Waals surface area contributed by atoms with E-state index in [9.17, 15) is 19.3 Å². The number of carbonyl (C=O) groups is 1. The van der Waals surface area contributed by atoms with E-state index in [0.29, 0.717) is 11.3 Å². The average Bonchev–Trinajstić information content (AvgIpc) is 2.59. The van der Waals surface area contributed by atoms with Crippen molar-refractivity contribution in [2.75, 3.05) is 20.8 Å². The summed E-state index contributed by atoms with van der Waals surface area (Å²) in [7, 11) is 2.93. The zero-order valence-corrected chi connectivity index (χ0v) is 13.8. The molecule has 0 aliphatic rings. The van der Waals surface area contributed by atoms with E-state index in [0.717, 1.165) is 0 Å². The summed E-state index contributed by atoms with van der Waals surface area (Å²) in [5, 5.41) is 11.1. The molecule has 0 atom stereocenters. The van der Waals surface area contributed by atoms with Crippen molar-refractivity contribution in [1.82, 2.24) is 4.90 Å². The fourth-order valence-electron chi connectivity index (χ4n) is 2.14. The number of nitrogens with zero attached hydrogens (tertiary/aromatic N) is 2. The van der Waals surface area contributed by atoms with E-state index < -0.39 is 10.8 Å². The average molecular weight is 348 g/mol. The topological polar surface area (TPSA) is 81.9 Å². The van der Waals surface area contributed by atoms with Gasteiger partial charge in [-0.25, -0.2) is 4.39 Å². The Morgan fingerprint density at radius 1 is 1.28 bits per heavy atom. The first-order valence-corrected chi connectivity index (χ1v) is 7.34. The first-order valence-electron chi connectivity index (χ1n) is 7.34. The molecule has 0 saturated heterocycles. The Morgan fingerprint density at radius 2 is 2.04 bits per heavy atom. The summed E-state index contributed by atoms with van der Waals surface area (Å²) < 4.78 is 23.4. The van der Waals surface area contributed by atoms with Gasteiger partial charge in [-0.3, -0.25) is 14.9 Å². The van der Waals surface area contributed by atoms with Gasteiger partial charge in [-0.05, 0) is 29.8 Å². The van der Waals surface area contributed by atoms with Crippen molar-refractivity contribution in [2.24, 2.45) is 0 Å². The molecule has 0 aliphatic heterocycles. The molecule has 7 nitrogen and oxygen atoms in total. The number of nitro benzene ring substituents is 1. The van der Waals surface area contributed by atoms with Crippen LogP contribution in [0.5, 0.6) is 11.5 Å². The van der Waals surface area contributed by atoms with Gasteiger partial charge in [-0.1, -0.05) is 12.1 Å². The molecule has 0 heterocycles. The number of halogens is 1. The number of amides is 1. The zero-order valence-electron chi connectivity index (χ0n) is 13.8. The zero-order chi connectivity index (χ0) is 18.4. The van der Waals surface area contributed by atoms with E-state index in [1.54, 1.807) is 19.2 Å². The van der Waals surface area contributed by atoms with E-state index in [1.807, 2.05) is 0 Å². The van der Waals surface area contributed by atoms with Crippen molar-refractivity contribution in [3.05, 3.63) is 64.0 Å². The van der Waals surface area contributed by atoms with E-state index in [1.165, 1.54) is 42.3 Å². The molecule has 2 aromatic carbocycles. The van der Waals surface area contributed by atoms with Crippen molar-refractivity contribution in [1.29, 1.82) is 0 Å². The lowest BCUT2D eigenvalue weighted by Crippen LogP contribution is -2.31. The van der Waals surface area contributed by atoms with Crippen molar-refractivity contribution >= 4 is 11.6 Å². The van der Waals surface area contributed by atoms with E-state index in [4.69, 9.17) is 9.47 Å². The quantitative estimate of drug-likeness (QED) is 0.568. The molecule has 25 heavy (non-hydrogen) atoms. The summed E-state index contributed by atoms with van der Waals surface area (Å²) in [6, 6.07) is 9.99. The maximum atomic E-state index is 13.2. The Labute approximate surface area is 143 Å². The Morgan fingerprint density at radius 3 is 2.68 bits per heavy atom. The largest absolute Gasteiger partial charge is 0.496 e. The van der Waals surface area contributed by atoms with Crippen LogP contribution in [0.25, 0.3) is 0 Å². The summed E-state index contributed by atoms with van der Waals surface area (Å²) in [4.78, 5) is 23.9. The van der Waals surface area contributed by atoms with Gasteiger partial charge >= 0.3 is 5.69 Å². The predicted molar refractivity (Wildman–Crippen MR) is 88.0 cm³/mol. The lowest BCUT2D eigenvalue weighted by molar-refractivity contribution is -0.385. The number of nitro groups is 1. The van der Waals surface area contributed by atoms with Crippen LogP contribution in [0.4, 0.5) is 10.1 Å². The fourth-order valence-corrected chi connectivity index (χ4v) is 2.14. The second-order valence-corrected chi connectivity index (χ2v) is 5.26. The van der Waals surface area contributed by atoms with Crippen molar-refractivity contribution < 1.29 is 23.6 Å². The molecule has 2 aromatic rings. The molecule has 2 rings (SSSR count). The lowest BCUT2D eigenvalue weighted by atomic mass is 10.2. The van der Waals surface area contributed by atoms with Gasteiger partial charge in [0.25, 0.3) is 5.91 Å². The molecule has 0 bridgehead atoms. The molecular formula is C17H17FN2O5. The highest BCUT2D eigenvalue weighted by Gasteiger charge is 2.18. The number of hydrogen-bond acceptors (Lipinski definition) is 5. The van der Waals surface area contributed by atoms with Crippen molar-refractivity contribution in [3.8, 4) is 11.5 Å². The third-order valence-corrected chi connectivity index (χ3v) is 3.45. The smallest absolute Gasteiger partial charge is 0.314 e. The molecule has 1 amide bonds. The Bertz CT molecular complexity index is 781. The van der Waals surface area contributed by atoms with E-state index in [-0.39, 0.29) is 30.4 Å². The molecule has 132 valence electrons. The standard InChI is InChI=1S/C17H17FN2O5/c1-19(10-12-4-3-5-13(18)8-12)17(21)11-25-16-7-6-14(24-2)9-15(16)20(22)23/h3-9H,10-11H2,1-2H3. The first kappa shape index (κ1) is 18.2.